The van der Waals surface area contributed by atoms with Crippen LogP contribution in [0.2, 0.25) is 0 Å². The van der Waals surface area contributed by atoms with Gasteiger partial charge in [0.15, 0.2) is 0 Å². The van der Waals surface area contributed by atoms with Gasteiger partial charge in [-0.05, 0) is 20.9 Å². The highest BCUT2D eigenvalue weighted by Crippen LogP contribution is 2.18. The van der Waals surface area contributed by atoms with E-state index in [0.29, 0.717) is 13.1 Å². The summed E-state index contributed by atoms with van der Waals surface area (Å²) in [7, 11) is 3.64. The standard InChI is InChI=1S/C13H22N4O2.ClH/c1-9-6-17(7-10(2)19-9)13(18)12(14-3)11-5-15-16(4)8-11;/h5,8-10,12,14H,6-7H2,1-4H3;1H. The van der Waals surface area contributed by atoms with Crippen LogP contribution in [-0.4, -0.2) is 52.9 Å². The molecule has 0 spiro atoms. The average molecular weight is 303 g/mol. The van der Waals surface area contributed by atoms with Gasteiger partial charge in [0.2, 0.25) is 5.91 Å². The first kappa shape index (κ1) is 16.9. The number of likely N-dealkylation sites (N-methyl/N-ethyl adjacent to an activating group) is 1. The summed E-state index contributed by atoms with van der Waals surface area (Å²) < 4.78 is 7.36. The third kappa shape index (κ3) is 3.71. The summed E-state index contributed by atoms with van der Waals surface area (Å²) in [5.41, 5.74) is 0.891. The zero-order chi connectivity index (χ0) is 14.0. The van der Waals surface area contributed by atoms with Crippen LogP contribution in [0, 0.1) is 0 Å². The van der Waals surface area contributed by atoms with E-state index in [1.807, 2.05) is 32.0 Å². The maximum atomic E-state index is 12.6. The first-order valence-corrected chi connectivity index (χ1v) is 6.61. The van der Waals surface area contributed by atoms with Crippen molar-refractivity contribution in [3.05, 3.63) is 18.0 Å². The fourth-order valence-corrected chi connectivity index (χ4v) is 2.56. The second-order valence-corrected chi connectivity index (χ2v) is 5.17. The van der Waals surface area contributed by atoms with E-state index in [2.05, 4.69) is 10.4 Å². The Kier molecular flexibility index (Phi) is 5.98. The molecule has 0 bridgehead atoms. The van der Waals surface area contributed by atoms with Crippen LogP contribution in [0.25, 0.3) is 0 Å². The molecule has 0 aliphatic carbocycles. The van der Waals surface area contributed by atoms with Crippen LogP contribution in [0.1, 0.15) is 25.5 Å². The van der Waals surface area contributed by atoms with Gasteiger partial charge in [-0.3, -0.25) is 9.48 Å². The maximum Gasteiger partial charge on any atom is 0.244 e. The van der Waals surface area contributed by atoms with Gasteiger partial charge in [-0.15, -0.1) is 12.4 Å². The number of aryl methyl sites for hydroxylation is 1. The SMILES string of the molecule is CNC(C(=O)N1CC(C)OC(C)C1)c1cnn(C)c1.Cl. The van der Waals surface area contributed by atoms with Gasteiger partial charge in [-0.2, -0.15) is 5.10 Å². The smallest absolute Gasteiger partial charge is 0.244 e. The molecule has 114 valence electrons. The van der Waals surface area contributed by atoms with Crippen LogP contribution >= 0.6 is 12.4 Å². The number of aromatic nitrogens is 2. The Hall–Kier alpha value is -1.11. The molecule has 1 saturated heterocycles. The Labute approximate surface area is 125 Å². The molecule has 1 fully saturated rings. The average Bonchev–Trinajstić information content (AvgIpc) is 2.75. The molecule has 0 aromatic carbocycles. The van der Waals surface area contributed by atoms with Crippen LogP contribution in [0.15, 0.2) is 12.4 Å². The largest absolute Gasteiger partial charge is 0.372 e. The summed E-state index contributed by atoms with van der Waals surface area (Å²) in [6.45, 7) is 5.27. The molecule has 1 aliphatic rings. The lowest BCUT2D eigenvalue weighted by Gasteiger charge is -2.37. The van der Waals surface area contributed by atoms with Crippen LogP contribution in [-0.2, 0) is 16.6 Å². The molecule has 20 heavy (non-hydrogen) atoms. The zero-order valence-electron chi connectivity index (χ0n) is 12.4. The molecule has 3 unspecified atom stereocenters. The summed E-state index contributed by atoms with van der Waals surface area (Å²) >= 11 is 0. The second-order valence-electron chi connectivity index (χ2n) is 5.17. The summed E-state index contributed by atoms with van der Waals surface area (Å²) in [5.74, 6) is 0.0810. The lowest BCUT2D eigenvalue weighted by atomic mass is 10.1. The molecule has 1 aliphatic heterocycles. The molecule has 3 atom stereocenters. The molecule has 2 rings (SSSR count). The molecule has 1 aromatic heterocycles. The first-order chi connectivity index (χ1) is 9.01. The van der Waals surface area contributed by atoms with Gasteiger partial charge < -0.3 is 15.0 Å². The summed E-state index contributed by atoms with van der Waals surface area (Å²) in [5, 5.41) is 7.20. The van der Waals surface area contributed by atoms with E-state index >= 15 is 0 Å². The number of morpholine rings is 1. The minimum Gasteiger partial charge on any atom is -0.372 e. The highest BCUT2D eigenvalue weighted by atomic mass is 35.5. The number of hydrogen-bond acceptors (Lipinski definition) is 4. The molecule has 1 amide bonds. The Morgan fingerprint density at radius 2 is 2.05 bits per heavy atom. The highest BCUT2D eigenvalue weighted by Gasteiger charge is 2.31. The van der Waals surface area contributed by atoms with Gasteiger partial charge >= 0.3 is 0 Å². The Morgan fingerprint density at radius 3 is 2.50 bits per heavy atom. The van der Waals surface area contributed by atoms with Gasteiger partial charge in [-0.25, -0.2) is 0 Å². The fraction of sp³-hybridized carbons (Fsp3) is 0.692. The number of rotatable bonds is 3. The van der Waals surface area contributed by atoms with E-state index in [9.17, 15) is 4.79 Å². The van der Waals surface area contributed by atoms with E-state index < -0.39 is 0 Å². The third-order valence-electron chi connectivity index (χ3n) is 3.33. The predicted molar refractivity (Wildman–Crippen MR) is 78.8 cm³/mol. The van der Waals surface area contributed by atoms with Crippen LogP contribution < -0.4 is 5.32 Å². The molecule has 0 radical (unpaired) electrons. The Morgan fingerprint density at radius 1 is 1.45 bits per heavy atom. The van der Waals surface area contributed by atoms with Gasteiger partial charge in [-0.1, -0.05) is 0 Å². The quantitative estimate of drug-likeness (QED) is 0.895. The topological polar surface area (TPSA) is 59.4 Å². The first-order valence-electron chi connectivity index (χ1n) is 6.61. The molecule has 6 nitrogen and oxygen atoms in total. The van der Waals surface area contributed by atoms with Crippen molar-refractivity contribution in [2.45, 2.75) is 32.1 Å². The van der Waals surface area contributed by atoms with E-state index in [0.717, 1.165) is 5.56 Å². The van der Waals surface area contributed by atoms with Gasteiger partial charge in [0.05, 0.1) is 18.4 Å². The van der Waals surface area contributed by atoms with E-state index in [1.54, 1.807) is 17.9 Å². The number of ether oxygens (including phenoxy) is 1. The number of nitrogens with one attached hydrogen (secondary N) is 1. The number of amides is 1. The van der Waals surface area contributed by atoms with Crippen molar-refractivity contribution < 1.29 is 9.53 Å². The van der Waals surface area contributed by atoms with Crippen molar-refractivity contribution >= 4 is 18.3 Å². The molecule has 1 aromatic rings. The number of hydrogen-bond donors (Lipinski definition) is 1. The predicted octanol–water partition coefficient (Wildman–Crippen LogP) is 0.738. The number of carbonyl (C=O) groups is 1. The van der Waals surface area contributed by atoms with Crippen molar-refractivity contribution in [2.75, 3.05) is 20.1 Å². The number of halogens is 1. The van der Waals surface area contributed by atoms with Crippen molar-refractivity contribution in [1.29, 1.82) is 0 Å². The second kappa shape index (κ2) is 7.06. The lowest BCUT2D eigenvalue weighted by Crippen LogP contribution is -2.51. The zero-order valence-corrected chi connectivity index (χ0v) is 13.2. The molecular weight excluding hydrogens is 280 g/mol. The van der Waals surface area contributed by atoms with Crippen molar-refractivity contribution in [2.24, 2.45) is 7.05 Å². The fourth-order valence-electron chi connectivity index (χ4n) is 2.56. The molecule has 1 N–H and O–H groups in total. The monoisotopic (exact) mass is 302 g/mol. The van der Waals surface area contributed by atoms with Crippen molar-refractivity contribution in [3.63, 3.8) is 0 Å². The lowest BCUT2D eigenvalue weighted by molar-refractivity contribution is -0.145. The minimum atomic E-state index is -0.341. The van der Waals surface area contributed by atoms with Crippen LogP contribution in [0.3, 0.4) is 0 Å². The number of nitrogens with zero attached hydrogens (tertiary/aromatic N) is 3. The Bertz CT molecular complexity index is 441. The number of carbonyl (C=O) groups excluding carboxylic acids is 1. The van der Waals surface area contributed by atoms with Gasteiger partial charge in [0.25, 0.3) is 0 Å². The minimum absolute atomic E-state index is 0. The molecule has 2 heterocycles. The van der Waals surface area contributed by atoms with Crippen molar-refractivity contribution in [3.8, 4) is 0 Å². The van der Waals surface area contributed by atoms with Crippen LogP contribution in [0.5, 0.6) is 0 Å². The molecule has 7 heteroatoms. The summed E-state index contributed by atoms with van der Waals surface area (Å²) in [6.07, 6.45) is 3.76. The third-order valence-corrected chi connectivity index (χ3v) is 3.33. The molecule has 0 saturated carbocycles. The van der Waals surface area contributed by atoms with E-state index in [-0.39, 0.29) is 36.6 Å². The van der Waals surface area contributed by atoms with E-state index in [4.69, 9.17) is 4.74 Å². The molecular formula is C13H23ClN4O2. The highest BCUT2D eigenvalue weighted by molar-refractivity contribution is 5.85. The Balaban J connectivity index is 0.00000200. The van der Waals surface area contributed by atoms with Crippen molar-refractivity contribution in [1.82, 2.24) is 20.0 Å². The van der Waals surface area contributed by atoms with Gasteiger partial charge in [0, 0.05) is 31.9 Å². The van der Waals surface area contributed by atoms with Gasteiger partial charge in [0.1, 0.15) is 6.04 Å². The summed E-state index contributed by atoms with van der Waals surface area (Å²) in [6, 6.07) is -0.341. The summed E-state index contributed by atoms with van der Waals surface area (Å²) in [4.78, 5) is 14.5. The maximum absolute atomic E-state index is 12.6. The normalized spacial score (nSPS) is 24.1. The van der Waals surface area contributed by atoms with Crippen LogP contribution in [0.4, 0.5) is 0 Å². The van der Waals surface area contributed by atoms with E-state index in [1.165, 1.54) is 0 Å².